The summed E-state index contributed by atoms with van der Waals surface area (Å²) in [5.74, 6) is 2.44. The second kappa shape index (κ2) is 15.6. The van der Waals surface area contributed by atoms with Crippen molar-refractivity contribution in [2.45, 2.75) is 65.2 Å². The van der Waals surface area contributed by atoms with Crippen LogP contribution in [-0.2, 0) is 24.9 Å². The highest BCUT2D eigenvalue weighted by molar-refractivity contribution is 7.03. The second-order valence-electron chi connectivity index (χ2n) is 22.9. The van der Waals surface area contributed by atoms with Crippen LogP contribution in [0.15, 0.2) is 188 Å². The summed E-state index contributed by atoms with van der Waals surface area (Å²) >= 11 is 0. The molecule has 4 nitrogen and oxygen atoms in total. The van der Waals surface area contributed by atoms with Crippen LogP contribution in [0.25, 0.3) is 86.4 Å². The fourth-order valence-electron chi connectivity index (χ4n) is 13.9. The minimum atomic E-state index is -0.0961. The van der Waals surface area contributed by atoms with Crippen LogP contribution >= 0.6 is 0 Å². The minimum Gasteiger partial charge on any atom is -0.330 e. The number of aromatic nitrogens is 2. The van der Waals surface area contributed by atoms with E-state index in [9.17, 15) is 0 Å². The van der Waals surface area contributed by atoms with E-state index in [2.05, 4.69) is 263 Å². The predicted octanol–water partition coefficient (Wildman–Crippen LogP) is 17.0. The Morgan fingerprint density at radius 1 is 0.333 bits per heavy atom. The lowest BCUT2D eigenvalue weighted by Gasteiger charge is -2.43. The molecular formula is C70H59BN4. The van der Waals surface area contributed by atoms with E-state index in [0.29, 0.717) is 0 Å². The average Bonchev–Trinajstić information content (AvgIpc) is 3.97. The Labute approximate surface area is 439 Å². The molecule has 0 atom stereocenters. The van der Waals surface area contributed by atoms with Gasteiger partial charge in [0.1, 0.15) is 11.6 Å². The Balaban J connectivity index is 1.15. The average molecular weight is 967 g/mol. The number of benzene rings is 11. The number of aryl methyl sites for hydroxylation is 2. The summed E-state index contributed by atoms with van der Waals surface area (Å²) in [6.45, 7) is 14.2. The van der Waals surface area contributed by atoms with E-state index in [4.69, 9.17) is 0 Å². The highest BCUT2D eigenvalue weighted by atomic mass is 15.3. The molecule has 15 rings (SSSR count). The van der Waals surface area contributed by atoms with E-state index in [0.717, 1.165) is 12.8 Å². The third-order valence-electron chi connectivity index (χ3n) is 18.5. The molecule has 0 saturated heterocycles. The summed E-state index contributed by atoms with van der Waals surface area (Å²) in [6, 6.07) is 72.1. The largest absolute Gasteiger partial charge is 0.330 e. The van der Waals surface area contributed by atoms with Crippen LogP contribution in [0.2, 0.25) is 0 Å². The van der Waals surface area contributed by atoms with E-state index in [1.54, 1.807) is 0 Å². The van der Waals surface area contributed by atoms with Gasteiger partial charge in [0.2, 0.25) is 0 Å². The topological polar surface area (TPSA) is 16.3 Å². The maximum Gasteiger partial charge on any atom is 0.257 e. The smallest absolute Gasteiger partial charge is 0.257 e. The molecule has 11 aromatic carbocycles. The Kier molecular flexibility index (Phi) is 9.22. The summed E-state index contributed by atoms with van der Waals surface area (Å²) < 4.78 is 5.05. The number of hydrogen-bond acceptors (Lipinski definition) is 2. The standard InChI is InChI=1S/C70H59BN4/c1-9-69(3,4)42-36-38-56-54(40-42)64-67(72(56)7)74(58-32-19-30-52-48-24-13-11-22-44(48)46-26-15-17-28-50(46)62(52)58)60-34-21-35-61-66(60)71(64)65-55-41-43(70(5,6)10-2)37-39-57(55)73(8)68(65)75(61)59-33-20-31-53-49-25-14-12-23-45(49)47-27-16-18-29-51(47)63(53)59/h11-41H,9-10H2,1-8H3. The van der Waals surface area contributed by atoms with Crippen molar-refractivity contribution < 1.29 is 0 Å². The van der Waals surface area contributed by atoms with Crippen molar-refractivity contribution in [2.75, 3.05) is 9.80 Å². The van der Waals surface area contributed by atoms with Gasteiger partial charge in [-0.15, -0.1) is 0 Å². The fraction of sp³-hybridized carbons (Fsp3) is 0.171. The highest BCUT2D eigenvalue weighted by Gasteiger charge is 2.49. The lowest BCUT2D eigenvalue weighted by Crippen LogP contribution is -2.61. The minimum absolute atomic E-state index is 0.0140. The maximum atomic E-state index is 2.67. The van der Waals surface area contributed by atoms with E-state index in [1.807, 2.05) is 0 Å². The van der Waals surface area contributed by atoms with E-state index < -0.39 is 0 Å². The van der Waals surface area contributed by atoms with Gasteiger partial charge in [-0.2, -0.15) is 0 Å². The first-order valence-corrected chi connectivity index (χ1v) is 27.1. The molecule has 75 heavy (non-hydrogen) atoms. The summed E-state index contributed by atoms with van der Waals surface area (Å²) in [4.78, 5) is 5.34. The van der Waals surface area contributed by atoms with Crippen molar-refractivity contribution in [3.63, 3.8) is 0 Å². The summed E-state index contributed by atoms with van der Waals surface area (Å²) in [6.07, 6.45) is 2.08. The maximum absolute atomic E-state index is 2.67. The Bertz CT molecular complexity index is 4250. The molecule has 2 aliphatic heterocycles. The molecular weight excluding hydrogens is 908 g/mol. The zero-order chi connectivity index (χ0) is 50.8. The number of fused-ring (bicyclic) bond motifs is 20. The van der Waals surface area contributed by atoms with E-state index >= 15 is 0 Å². The third-order valence-corrected chi connectivity index (χ3v) is 18.5. The van der Waals surface area contributed by atoms with Gasteiger partial charge < -0.3 is 9.13 Å². The van der Waals surface area contributed by atoms with Crippen LogP contribution < -0.4 is 26.2 Å². The van der Waals surface area contributed by atoms with Crippen LogP contribution in [0.4, 0.5) is 34.4 Å². The summed E-state index contributed by atoms with van der Waals surface area (Å²) in [7, 11) is 4.64. The predicted molar refractivity (Wildman–Crippen MR) is 325 cm³/mol. The molecule has 0 amide bonds. The Hall–Kier alpha value is -8.28. The van der Waals surface area contributed by atoms with Crippen molar-refractivity contribution in [1.82, 2.24) is 9.13 Å². The fourth-order valence-corrected chi connectivity index (χ4v) is 13.9. The quantitative estimate of drug-likeness (QED) is 0.122. The van der Waals surface area contributed by atoms with Crippen molar-refractivity contribution in [3.05, 3.63) is 199 Å². The molecule has 2 aromatic heterocycles. The first-order valence-electron chi connectivity index (χ1n) is 27.1. The molecule has 2 aliphatic rings. The molecule has 4 heterocycles. The van der Waals surface area contributed by atoms with Gasteiger partial charge in [0.25, 0.3) is 6.71 Å². The van der Waals surface area contributed by atoms with E-state index in [1.165, 1.54) is 148 Å². The molecule has 0 radical (unpaired) electrons. The van der Waals surface area contributed by atoms with Crippen molar-refractivity contribution in [2.24, 2.45) is 14.1 Å². The van der Waals surface area contributed by atoms with Gasteiger partial charge in [0.05, 0.1) is 11.4 Å². The molecule has 362 valence electrons. The molecule has 0 bridgehead atoms. The van der Waals surface area contributed by atoms with E-state index in [-0.39, 0.29) is 17.5 Å². The van der Waals surface area contributed by atoms with Gasteiger partial charge in [-0.05, 0) is 164 Å². The first-order chi connectivity index (χ1) is 36.5. The van der Waals surface area contributed by atoms with Crippen LogP contribution in [0.5, 0.6) is 0 Å². The number of nitrogens with zero attached hydrogens (tertiary/aromatic N) is 4. The normalized spacial score (nSPS) is 13.6. The Morgan fingerprint density at radius 2 is 0.640 bits per heavy atom. The lowest BCUT2D eigenvalue weighted by atomic mass is 9.33. The third kappa shape index (κ3) is 5.84. The second-order valence-corrected chi connectivity index (χ2v) is 22.9. The molecule has 0 spiro atoms. The molecule has 0 fully saturated rings. The molecule has 13 aromatic rings. The van der Waals surface area contributed by atoms with Gasteiger partial charge in [-0.3, -0.25) is 9.80 Å². The van der Waals surface area contributed by atoms with Crippen LogP contribution in [0.1, 0.15) is 65.5 Å². The molecule has 0 N–H and O–H groups in total. The number of rotatable bonds is 6. The zero-order valence-corrected chi connectivity index (χ0v) is 44.2. The van der Waals surface area contributed by atoms with Crippen molar-refractivity contribution in [3.8, 4) is 0 Å². The molecule has 5 heteroatoms. The van der Waals surface area contributed by atoms with Gasteiger partial charge in [0, 0.05) is 47.3 Å². The van der Waals surface area contributed by atoms with Crippen LogP contribution in [0.3, 0.4) is 0 Å². The zero-order valence-electron chi connectivity index (χ0n) is 44.2. The lowest BCUT2D eigenvalue weighted by molar-refractivity contribution is 0.507. The first kappa shape index (κ1) is 44.2. The Morgan fingerprint density at radius 3 is 1.00 bits per heavy atom. The van der Waals surface area contributed by atoms with Gasteiger partial charge >= 0.3 is 0 Å². The van der Waals surface area contributed by atoms with Crippen LogP contribution in [0, 0.1) is 0 Å². The number of anilines is 6. The number of hydrogen-bond donors (Lipinski definition) is 0. The van der Waals surface area contributed by atoms with Crippen molar-refractivity contribution in [1.29, 1.82) is 0 Å². The molecule has 0 aliphatic carbocycles. The molecule has 0 unspecified atom stereocenters. The SMILES string of the molecule is CCC(C)(C)c1ccc2c(c1)c1c(n2C)N(c2cccc3c4ccccc4c4ccccc4c23)c2cccc3c2B1c1c(n(C)c2ccc(C(C)(C)CC)cc12)N3c1cccc2c3ccccc3c3ccccc3c12. The van der Waals surface area contributed by atoms with Crippen LogP contribution in [-0.4, -0.2) is 15.8 Å². The summed E-state index contributed by atoms with van der Waals surface area (Å²) in [5, 5.41) is 17.9. The monoisotopic (exact) mass is 966 g/mol. The van der Waals surface area contributed by atoms with Gasteiger partial charge in [-0.1, -0.05) is 181 Å². The highest BCUT2D eigenvalue weighted by Crippen LogP contribution is 2.52. The van der Waals surface area contributed by atoms with Crippen molar-refractivity contribution >= 4 is 144 Å². The van der Waals surface area contributed by atoms with Gasteiger partial charge in [-0.25, -0.2) is 0 Å². The van der Waals surface area contributed by atoms with Gasteiger partial charge in [0.15, 0.2) is 0 Å². The molecule has 0 saturated carbocycles. The summed E-state index contributed by atoms with van der Waals surface area (Å²) in [5.41, 5.74) is 14.1.